The number of para-hydroxylation sites is 1. The second-order valence-corrected chi connectivity index (χ2v) is 6.23. The molecule has 0 aliphatic heterocycles. The van der Waals surface area contributed by atoms with Crippen LogP contribution in [0.4, 0.5) is 5.13 Å². The van der Waals surface area contributed by atoms with Crippen molar-refractivity contribution in [3.8, 4) is 22.8 Å². The summed E-state index contributed by atoms with van der Waals surface area (Å²) in [5.74, 6) is 1.26. The molecule has 0 bridgehead atoms. The molecule has 0 atom stereocenters. The summed E-state index contributed by atoms with van der Waals surface area (Å²) in [7, 11) is 1.63. The van der Waals surface area contributed by atoms with Gasteiger partial charge in [-0.15, -0.1) is 11.3 Å². The highest BCUT2D eigenvalue weighted by molar-refractivity contribution is 7.14. The van der Waals surface area contributed by atoms with Gasteiger partial charge in [-0.05, 0) is 42.8 Å². The third kappa shape index (κ3) is 4.36. The molecule has 0 aliphatic rings. The first-order valence-corrected chi connectivity index (χ1v) is 8.62. The normalized spacial score (nSPS) is 10.3. The number of carbonyl (C=O) groups is 1. The Morgan fingerprint density at radius 2 is 1.92 bits per heavy atom. The van der Waals surface area contributed by atoms with E-state index in [0.29, 0.717) is 10.9 Å². The molecule has 0 saturated heterocycles. The van der Waals surface area contributed by atoms with Gasteiger partial charge in [-0.25, -0.2) is 4.98 Å². The Labute approximate surface area is 150 Å². The fourth-order valence-electron chi connectivity index (χ4n) is 2.24. The van der Waals surface area contributed by atoms with E-state index in [0.717, 1.165) is 22.6 Å². The van der Waals surface area contributed by atoms with Gasteiger partial charge in [0.05, 0.1) is 12.8 Å². The van der Waals surface area contributed by atoms with Crippen molar-refractivity contribution in [2.75, 3.05) is 19.0 Å². The average molecular weight is 354 g/mol. The van der Waals surface area contributed by atoms with Gasteiger partial charge in [-0.3, -0.25) is 10.1 Å². The number of carbonyl (C=O) groups excluding carboxylic acids is 1. The van der Waals surface area contributed by atoms with Crippen molar-refractivity contribution in [1.82, 2.24) is 4.98 Å². The van der Waals surface area contributed by atoms with Crippen molar-refractivity contribution in [3.63, 3.8) is 0 Å². The molecular weight excluding hydrogens is 336 g/mol. The zero-order chi connectivity index (χ0) is 17.6. The smallest absolute Gasteiger partial charge is 0.264 e. The summed E-state index contributed by atoms with van der Waals surface area (Å²) < 4.78 is 10.7. The largest absolute Gasteiger partial charge is 0.497 e. The molecule has 1 aromatic heterocycles. The molecule has 0 aliphatic carbocycles. The van der Waals surface area contributed by atoms with E-state index in [-0.39, 0.29) is 12.5 Å². The van der Waals surface area contributed by atoms with Crippen LogP contribution in [0.2, 0.25) is 0 Å². The minimum atomic E-state index is -0.237. The fourth-order valence-corrected chi connectivity index (χ4v) is 2.98. The Bertz CT molecular complexity index is 859. The summed E-state index contributed by atoms with van der Waals surface area (Å²) in [5.41, 5.74) is 2.77. The molecule has 6 heteroatoms. The lowest BCUT2D eigenvalue weighted by atomic mass is 10.2. The summed E-state index contributed by atoms with van der Waals surface area (Å²) in [6.07, 6.45) is 0. The standard InChI is InChI=1S/C19H18N2O3S/c1-13-5-3-4-6-17(13)24-11-18(22)21-19-20-16(12-25-19)14-7-9-15(23-2)10-8-14/h3-10,12H,11H2,1-2H3,(H,20,21,22). The molecule has 25 heavy (non-hydrogen) atoms. The van der Waals surface area contributed by atoms with Gasteiger partial charge in [-0.2, -0.15) is 0 Å². The molecule has 0 saturated carbocycles. The molecule has 1 amide bonds. The number of rotatable bonds is 6. The summed E-state index contributed by atoms with van der Waals surface area (Å²) >= 11 is 1.38. The SMILES string of the molecule is COc1ccc(-c2csc(NC(=O)COc3ccccc3C)n2)cc1. The molecule has 5 nitrogen and oxygen atoms in total. The molecule has 0 unspecified atom stereocenters. The topological polar surface area (TPSA) is 60.5 Å². The highest BCUT2D eigenvalue weighted by Crippen LogP contribution is 2.26. The molecule has 128 valence electrons. The summed E-state index contributed by atoms with van der Waals surface area (Å²) in [4.78, 5) is 16.5. The number of aromatic nitrogens is 1. The fraction of sp³-hybridized carbons (Fsp3) is 0.158. The van der Waals surface area contributed by atoms with E-state index < -0.39 is 0 Å². The van der Waals surface area contributed by atoms with Crippen LogP contribution in [-0.2, 0) is 4.79 Å². The van der Waals surface area contributed by atoms with E-state index >= 15 is 0 Å². The van der Waals surface area contributed by atoms with Crippen molar-refractivity contribution in [3.05, 3.63) is 59.5 Å². The molecule has 2 aromatic carbocycles. The van der Waals surface area contributed by atoms with Crippen LogP contribution in [0.15, 0.2) is 53.9 Å². The van der Waals surface area contributed by atoms with Gasteiger partial charge in [0.15, 0.2) is 11.7 Å². The van der Waals surface area contributed by atoms with Crippen LogP contribution in [0.25, 0.3) is 11.3 Å². The highest BCUT2D eigenvalue weighted by atomic mass is 32.1. The molecule has 0 spiro atoms. The first-order chi connectivity index (χ1) is 12.2. The Balaban J connectivity index is 1.59. The minimum absolute atomic E-state index is 0.0533. The predicted molar refractivity (Wildman–Crippen MR) is 99.4 cm³/mol. The lowest BCUT2D eigenvalue weighted by Crippen LogP contribution is -2.20. The van der Waals surface area contributed by atoms with Crippen molar-refractivity contribution >= 4 is 22.4 Å². The number of nitrogens with zero attached hydrogens (tertiary/aromatic N) is 1. The number of methoxy groups -OCH3 is 1. The van der Waals surface area contributed by atoms with Crippen molar-refractivity contribution in [2.24, 2.45) is 0 Å². The molecule has 0 radical (unpaired) electrons. The lowest BCUT2D eigenvalue weighted by molar-refractivity contribution is -0.118. The van der Waals surface area contributed by atoms with E-state index in [1.807, 2.05) is 60.8 Å². The molecular formula is C19H18N2O3S. The van der Waals surface area contributed by atoms with Crippen LogP contribution < -0.4 is 14.8 Å². The van der Waals surface area contributed by atoms with Crippen LogP contribution in [0, 0.1) is 6.92 Å². The average Bonchev–Trinajstić information content (AvgIpc) is 3.09. The quantitative estimate of drug-likeness (QED) is 0.722. The second-order valence-electron chi connectivity index (χ2n) is 5.37. The number of aryl methyl sites for hydroxylation is 1. The Morgan fingerprint density at radius 3 is 2.64 bits per heavy atom. The lowest BCUT2D eigenvalue weighted by Gasteiger charge is -2.08. The summed E-state index contributed by atoms with van der Waals surface area (Å²) in [5, 5.41) is 5.21. The third-order valence-electron chi connectivity index (χ3n) is 3.59. The molecule has 1 N–H and O–H groups in total. The minimum Gasteiger partial charge on any atom is -0.497 e. The Kier molecular flexibility index (Phi) is 5.30. The van der Waals surface area contributed by atoms with Crippen molar-refractivity contribution < 1.29 is 14.3 Å². The van der Waals surface area contributed by atoms with E-state index in [4.69, 9.17) is 9.47 Å². The van der Waals surface area contributed by atoms with Gasteiger partial charge in [0.1, 0.15) is 11.5 Å². The molecule has 3 aromatic rings. The van der Waals surface area contributed by atoms with Gasteiger partial charge >= 0.3 is 0 Å². The van der Waals surface area contributed by atoms with Crippen LogP contribution in [0.1, 0.15) is 5.56 Å². The van der Waals surface area contributed by atoms with Crippen molar-refractivity contribution in [2.45, 2.75) is 6.92 Å². The predicted octanol–water partition coefficient (Wildman–Crippen LogP) is 4.14. The van der Waals surface area contributed by atoms with Gasteiger partial charge < -0.3 is 9.47 Å². The van der Waals surface area contributed by atoms with E-state index in [9.17, 15) is 4.79 Å². The van der Waals surface area contributed by atoms with Crippen LogP contribution in [0.5, 0.6) is 11.5 Å². The number of benzene rings is 2. The van der Waals surface area contributed by atoms with E-state index in [1.165, 1.54) is 11.3 Å². The maximum Gasteiger partial charge on any atom is 0.264 e. The Hall–Kier alpha value is -2.86. The highest BCUT2D eigenvalue weighted by Gasteiger charge is 2.09. The number of nitrogens with one attached hydrogen (secondary N) is 1. The zero-order valence-electron chi connectivity index (χ0n) is 14.0. The molecule has 1 heterocycles. The first-order valence-electron chi connectivity index (χ1n) is 7.74. The number of hydrogen-bond acceptors (Lipinski definition) is 5. The van der Waals surface area contributed by atoms with Crippen LogP contribution in [0.3, 0.4) is 0 Å². The third-order valence-corrected chi connectivity index (χ3v) is 4.35. The number of thiazole rings is 1. The van der Waals surface area contributed by atoms with E-state index in [2.05, 4.69) is 10.3 Å². The van der Waals surface area contributed by atoms with Gasteiger partial charge in [0.2, 0.25) is 0 Å². The van der Waals surface area contributed by atoms with Crippen LogP contribution >= 0.6 is 11.3 Å². The summed E-state index contributed by atoms with van der Waals surface area (Å²) in [6, 6.07) is 15.2. The number of anilines is 1. The first kappa shape index (κ1) is 17.0. The van der Waals surface area contributed by atoms with Crippen LogP contribution in [-0.4, -0.2) is 24.6 Å². The maximum atomic E-state index is 12.0. The molecule has 3 rings (SSSR count). The number of ether oxygens (including phenoxy) is 2. The number of hydrogen-bond donors (Lipinski definition) is 1. The molecule has 0 fully saturated rings. The van der Waals surface area contributed by atoms with E-state index in [1.54, 1.807) is 7.11 Å². The van der Waals surface area contributed by atoms with Gasteiger partial charge in [0.25, 0.3) is 5.91 Å². The Morgan fingerprint density at radius 1 is 1.16 bits per heavy atom. The monoisotopic (exact) mass is 354 g/mol. The zero-order valence-corrected chi connectivity index (χ0v) is 14.8. The summed E-state index contributed by atoms with van der Waals surface area (Å²) in [6.45, 7) is 1.89. The second kappa shape index (κ2) is 7.81. The van der Waals surface area contributed by atoms with Crippen molar-refractivity contribution in [1.29, 1.82) is 0 Å². The maximum absolute atomic E-state index is 12.0. The number of amides is 1. The van der Waals surface area contributed by atoms with Gasteiger partial charge in [0, 0.05) is 10.9 Å². The van der Waals surface area contributed by atoms with Gasteiger partial charge in [-0.1, -0.05) is 18.2 Å².